The number of nitrogens with one attached hydrogen (secondary N) is 4. The Balaban J connectivity index is 0.00000131. The van der Waals surface area contributed by atoms with Crippen molar-refractivity contribution in [1.29, 1.82) is 0 Å². The van der Waals surface area contributed by atoms with Gasteiger partial charge in [-0.15, -0.1) is 0 Å². The summed E-state index contributed by atoms with van der Waals surface area (Å²) in [4.78, 5) is 15.4. The van der Waals surface area contributed by atoms with Crippen LogP contribution in [-0.2, 0) is 0 Å². The Bertz CT molecular complexity index is 2290. The molecule has 1 aliphatic heterocycles. The Morgan fingerprint density at radius 2 is 0.442 bits per heavy atom. The molecule has 0 aliphatic carbocycles. The summed E-state index contributed by atoms with van der Waals surface area (Å²) in [6, 6.07) is 60.0. The summed E-state index contributed by atoms with van der Waals surface area (Å²) in [5.41, 5.74) is 13.1. The summed E-state index contributed by atoms with van der Waals surface area (Å²) in [7, 11) is 0. The molecule has 0 unspecified atom stereocenters. The fourth-order valence-corrected chi connectivity index (χ4v) is 6.99. The topological polar surface area (TPSA) is 63.2 Å². The van der Waals surface area contributed by atoms with Crippen LogP contribution in [0.3, 0.4) is 0 Å². The van der Waals surface area contributed by atoms with Gasteiger partial charge in [0.1, 0.15) is 0 Å². The molecule has 0 saturated heterocycles. The molecule has 9 rings (SSSR count). The first kappa shape index (κ1) is 38.1. The van der Waals surface area contributed by atoms with E-state index in [0.717, 1.165) is 88.7 Å². The van der Waals surface area contributed by atoms with E-state index in [9.17, 15) is 0 Å². The van der Waals surface area contributed by atoms with E-state index in [1.54, 1.807) is 0 Å². The largest absolute Gasteiger partial charge is 3.00 e. The molecule has 0 amide bonds. The number of halogens is 3. The zero-order valence-corrected chi connectivity index (χ0v) is 31.3. The normalized spacial score (nSPS) is 11.8. The average molecular weight is 750 g/mol. The monoisotopic (exact) mass is 748 g/mol. The number of hydrogen-bond donors (Lipinski definition) is 4. The SMILES string of the molecule is [Al+3].[Cl-].[Cl-].[Cl-].c1ccc(C2=c3ccc([nH]3)=C(c3ccccc3)c3ccc([nH]3)C(c3ccccc3)=c3ccc([nH]3)=C(c3ccccc3)c3ccc2[nH]3)cc1. The van der Waals surface area contributed by atoms with Crippen molar-refractivity contribution in [2.24, 2.45) is 0 Å². The van der Waals surface area contributed by atoms with Gasteiger partial charge in [0.2, 0.25) is 0 Å². The number of rotatable bonds is 4. The van der Waals surface area contributed by atoms with Gasteiger partial charge < -0.3 is 57.2 Å². The van der Waals surface area contributed by atoms with Crippen molar-refractivity contribution >= 4 is 39.7 Å². The fraction of sp³-hybridized carbons (Fsp3) is 0. The zero-order valence-electron chi connectivity index (χ0n) is 27.9. The summed E-state index contributed by atoms with van der Waals surface area (Å²) >= 11 is 0. The number of hydrogen-bond acceptors (Lipinski definition) is 0. The van der Waals surface area contributed by atoms with Gasteiger partial charge in [-0.25, -0.2) is 0 Å². The third kappa shape index (κ3) is 7.03. The van der Waals surface area contributed by atoms with Crippen LogP contribution in [0.15, 0.2) is 170 Å². The Morgan fingerprint density at radius 1 is 0.231 bits per heavy atom. The van der Waals surface area contributed by atoms with E-state index in [2.05, 4.69) is 190 Å². The molecule has 8 aromatic rings. The van der Waals surface area contributed by atoms with Crippen LogP contribution in [0.4, 0.5) is 0 Å². The minimum atomic E-state index is 0. The molecule has 4 N–H and O–H groups in total. The van der Waals surface area contributed by atoms with Gasteiger partial charge in [-0.1, -0.05) is 121 Å². The molecule has 0 fully saturated rings. The average Bonchev–Trinajstić information content (AvgIpc) is 3.98. The first-order chi connectivity index (χ1) is 23.8. The van der Waals surface area contributed by atoms with Crippen LogP contribution in [0.2, 0.25) is 0 Å². The molecule has 0 saturated carbocycles. The molecule has 52 heavy (non-hydrogen) atoms. The third-order valence-electron chi connectivity index (χ3n) is 9.15. The van der Waals surface area contributed by atoms with Crippen LogP contribution in [-0.4, -0.2) is 37.3 Å². The maximum Gasteiger partial charge on any atom is 3.00 e. The van der Waals surface area contributed by atoms with Gasteiger partial charge in [0, 0.05) is 66.5 Å². The second-order valence-corrected chi connectivity index (χ2v) is 12.1. The third-order valence-corrected chi connectivity index (χ3v) is 9.15. The van der Waals surface area contributed by atoms with E-state index in [0.29, 0.717) is 0 Å². The van der Waals surface area contributed by atoms with Gasteiger partial charge >= 0.3 is 17.4 Å². The van der Waals surface area contributed by atoms with Crippen LogP contribution in [0, 0.1) is 0 Å². The molecule has 252 valence electrons. The predicted molar refractivity (Wildman–Crippen MR) is 200 cm³/mol. The van der Waals surface area contributed by atoms with E-state index >= 15 is 0 Å². The smallest absolute Gasteiger partial charge is 1.00 e. The van der Waals surface area contributed by atoms with Gasteiger partial charge in [0.05, 0.1) is 0 Å². The summed E-state index contributed by atoms with van der Waals surface area (Å²) in [6.45, 7) is 0. The van der Waals surface area contributed by atoms with Gasteiger partial charge in [-0.2, -0.15) is 0 Å². The Kier molecular flexibility index (Phi) is 12.1. The number of benzene rings is 4. The second kappa shape index (κ2) is 16.5. The second-order valence-electron chi connectivity index (χ2n) is 12.1. The van der Waals surface area contributed by atoms with Crippen molar-refractivity contribution in [2.75, 3.05) is 0 Å². The van der Waals surface area contributed by atoms with Gasteiger partial charge in [-0.3, -0.25) is 0 Å². The van der Waals surface area contributed by atoms with Crippen molar-refractivity contribution in [3.8, 4) is 0 Å². The molecule has 4 aromatic heterocycles. The summed E-state index contributed by atoms with van der Waals surface area (Å²) < 4.78 is 0. The first-order valence-corrected chi connectivity index (χ1v) is 16.3. The van der Waals surface area contributed by atoms with Crippen LogP contribution >= 0.6 is 0 Å². The number of aromatic amines is 4. The van der Waals surface area contributed by atoms with Gasteiger partial charge in [-0.05, 0) is 70.8 Å². The summed E-state index contributed by atoms with van der Waals surface area (Å²) in [6.07, 6.45) is 0. The van der Waals surface area contributed by atoms with E-state index in [1.165, 1.54) is 0 Å². The number of fused-ring (bicyclic) bond motifs is 8. The number of H-pyrrole nitrogens is 4. The summed E-state index contributed by atoms with van der Waals surface area (Å²) in [5, 5.41) is 4.16. The zero-order chi connectivity index (χ0) is 31.9. The van der Waals surface area contributed by atoms with E-state index in [-0.39, 0.29) is 54.6 Å². The van der Waals surface area contributed by atoms with Crippen molar-refractivity contribution in [3.63, 3.8) is 0 Å². The Hall–Kier alpha value is -5.12. The molecule has 8 bridgehead atoms. The van der Waals surface area contributed by atoms with Crippen molar-refractivity contribution < 1.29 is 37.2 Å². The quantitative estimate of drug-likeness (QED) is 0.138. The number of aromatic nitrogens is 4. The van der Waals surface area contributed by atoms with Crippen molar-refractivity contribution in [3.05, 3.63) is 236 Å². The fourth-order valence-electron chi connectivity index (χ4n) is 6.99. The molecule has 5 heterocycles. The van der Waals surface area contributed by atoms with Crippen LogP contribution in [0.5, 0.6) is 0 Å². The first-order valence-electron chi connectivity index (χ1n) is 16.3. The molecule has 0 radical (unpaired) electrons. The predicted octanol–water partition coefficient (Wildman–Crippen LogP) is -3.07. The summed E-state index contributed by atoms with van der Waals surface area (Å²) in [5.74, 6) is 0. The van der Waals surface area contributed by atoms with E-state index < -0.39 is 0 Å². The molecule has 4 nitrogen and oxygen atoms in total. The molecule has 8 heteroatoms. The Morgan fingerprint density at radius 3 is 0.654 bits per heavy atom. The molecule has 1 aliphatic rings. The van der Waals surface area contributed by atoms with Crippen molar-refractivity contribution in [1.82, 2.24) is 19.9 Å². The van der Waals surface area contributed by atoms with Gasteiger partial charge in [0.15, 0.2) is 0 Å². The van der Waals surface area contributed by atoms with E-state index in [1.807, 2.05) is 0 Å². The molecule has 0 spiro atoms. The minimum absolute atomic E-state index is 0. The maximum absolute atomic E-state index is 3.84. The minimum Gasteiger partial charge on any atom is -1.00 e. The molecular formula is C44H32AlCl3N4. The van der Waals surface area contributed by atoms with Crippen LogP contribution < -0.4 is 58.6 Å². The maximum atomic E-state index is 3.84. The van der Waals surface area contributed by atoms with Crippen LogP contribution in [0.25, 0.3) is 22.3 Å². The van der Waals surface area contributed by atoms with E-state index in [4.69, 9.17) is 0 Å². The van der Waals surface area contributed by atoms with Crippen LogP contribution in [0.1, 0.15) is 45.0 Å². The van der Waals surface area contributed by atoms with Gasteiger partial charge in [0.25, 0.3) is 0 Å². The Labute approximate surface area is 331 Å². The molecule has 0 atom stereocenters. The standard InChI is InChI=1S/C44H32N4.Al.3ClH/c1-5-13-29(14-6-1)41-33-21-23-35(45-33)42(30-15-7-2-8-16-30)37-25-27-39(47-37)44(32-19-11-4-12-20-32)40-28-26-38(48-40)43(31-17-9-3-10-18-31)36-24-22-34(41)46-36;;;;/h1-28,45-48H;;3*1H/q;+3;;;/p-3. The molecule has 4 aromatic carbocycles. The molecular weight excluding hydrogens is 718 g/mol. The van der Waals surface area contributed by atoms with Crippen molar-refractivity contribution in [2.45, 2.75) is 0 Å².